The summed E-state index contributed by atoms with van der Waals surface area (Å²) in [4.78, 5) is 0. The maximum atomic E-state index is 2.57. The predicted octanol–water partition coefficient (Wildman–Crippen LogP) is 2.88. The molecule has 0 saturated carbocycles. The molecule has 0 aromatic heterocycles. The average molecular weight is 173 g/mol. The van der Waals surface area contributed by atoms with E-state index in [2.05, 4.69) is 18.4 Å². The van der Waals surface area contributed by atoms with Gasteiger partial charge in [-0.05, 0) is 0 Å². The van der Waals surface area contributed by atoms with Crippen LogP contribution in [0.15, 0.2) is 0 Å². The van der Waals surface area contributed by atoms with Gasteiger partial charge in [0, 0.05) is 0 Å². The Morgan fingerprint density at radius 3 is 2.12 bits per heavy atom. The fraction of sp³-hybridized carbons (Fsp3) is 1.00. The molecule has 1 aliphatic rings. The van der Waals surface area contributed by atoms with Crippen LogP contribution < -0.4 is 0 Å². The van der Waals surface area contributed by atoms with Crippen LogP contribution in [0.5, 0.6) is 0 Å². The summed E-state index contributed by atoms with van der Waals surface area (Å²) in [5.41, 5.74) is 0. The van der Waals surface area contributed by atoms with Crippen LogP contribution in [0.3, 0.4) is 0 Å². The first-order chi connectivity index (χ1) is 3.63. The van der Waals surface area contributed by atoms with Crippen LogP contribution >= 0.6 is 0 Å². The van der Waals surface area contributed by atoms with E-state index in [1.807, 2.05) is 0 Å². The predicted molar refractivity (Wildman–Crippen MR) is 40.9 cm³/mol. The van der Waals surface area contributed by atoms with Gasteiger partial charge in [0.25, 0.3) is 0 Å². The first-order valence-electron chi connectivity index (χ1n) is 3.63. The Kier molecular flexibility index (Phi) is 1.71. The van der Waals surface area contributed by atoms with Crippen molar-refractivity contribution in [3.8, 4) is 0 Å². The summed E-state index contributed by atoms with van der Waals surface area (Å²) < 4.78 is 1.15. The molecule has 8 heavy (non-hydrogen) atoms. The quantitative estimate of drug-likeness (QED) is 0.493. The molecule has 0 N–H and O–H groups in total. The molecule has 1 atom stereocenters. The van der Waals surface area contributed by atoms with Crippen LogP contribution in [-0.4, -0.2) is 13.3 Å². The van der Waals surface area contributed by atoms with Crippen molar-refractivity contribution in [2.24, 2.45) is 0 Å². The van der Waals surface area contributed by atoms with Gasteiger partial charge >= 0.3 is 54.5 Å². The van der Waals surface area contributed by atoms with E-state index in [1.54, 1.807) is 5.25 Å². The van der Waals surface area contributed by atoms with Gasteiger partial charge in [-0.3, -0.25) is 0 Å². The minimum absolute atomic E-state index is 1.10. The molecule has 0 nitrogen and oxygen atoms in total. The van der Waals surface area contributed by atoms with Gasteiger partial charge in [-0.15, -0.1) is 0 Å². The Morgan fingerprint density at radius 1 is 1.38 bits per heavy atom. The second-order valence-corrected chi connectivity index (χ2v) is 15.2. The van der Waals surface area contributed by atoms with E-state index >= 15 is 0 Å². The molecule has 48 valence electrons. The molecular weight excluding hydrogens is 157 g/mol. The van der Waals surface area contributed by atoms with Crippen molar-refractivity contribution >= 4 is 13.3 Å². The normalized spacial score (nSPS) is 35.6. The molecule has 0 aliphatic carbocycles. The first-order valence-corrected chi connectivity index (χ1v) is 10.5. The van der Waals surface area contributed by atoms with Gasteiger partial charge < -0.3 is 0 Å². The van der Waals surface area contributed by atoms with E-state index in [0.717, 1.165) is 4.75 Å². The molecule has 1 heterocycles. The van der Waals surface area contributed by atoms with E-state index in [9.17, 15) is 0 Å². The van der Waals surface area contributed by atoms with Crippen LogP contribution in [0.4, 0.5) is 0 Å². The fourth-order valence-corrected chi connectivity index (χ4v) is 6.94. The van der Waals surface area contributed by atoms with Crippen molar-refractivity contribution < 1.29 is 0 Å². The summed E-state index contributed by atoms with van der Waals surface area (Å²) in [6.07, 6.45) is 3.07. The Hall–Kier alpha value is 0.543. The van der Waals surface area contributed by atoms with Gasteiger partial charge in [-0.2, -0.15) is 0 Å². The van der Waals surface area contributed by atoms with Crippen molar-refractivity contribution in [2.75, 3.05) is 0 Å². The molecular formula is C7H16Ge. The second kappa shape index (κ2) is 2.05. The maximum absolute atomic E-state index is 2.57. The third-order valence-corrected chi connectivity index (χ3v) is 12.4. The van der Waals surface area contributed by atoms with Crippen molar-refractivity contribution in [1.82, 2.24) is 0 Å². The van der Waals surface area contributed by atoms with Crippen LogP contribution in [0.25, 0.3) is 0 Å². The minimum atomic E-state index is -1.10. The zero-order chi connectivity index (χ0) is 6.20. The molecule has 1 fully saturated rings. The summed E-state index contributed by atoms with van der Waals surface area (Å²) in [6, 6.07) is 0. The molecule has 1 rings (SSSR count). The van der Waals surface area contributed by atoms with E-state index in [-0.39, 0.29) is 0 Å². The molecule has 0 radical (unpaired) electrons. The Morgan fingerprint density at radius 2 is 2.00 bits per heavy atom. The molecule has 1 saturated heterocycles. The monoisotopic (exact) mass is 174 g/mol. The van der Waals surface area contributed by atoms with Crippen LogP contribution in [0.2, 0.25) is 21.5 Å². The van der Waals surface area contributed by atoms with E-state index in [4.69, 9.17) is 0 Å². The van der Waals surface area contributed by atoms with Crippen molar-refractivity contribution in [3.63, 3.8) is 0 Å². The molecule has 1 aliphatic heterocycles. The van der Waals surface area contributed by atoms with Gasteiger partial charge in [0.2, 0.25) is 0 Å². The topological polar surface area (TPSA) is 0 Å². The van der Waals surface area contributed by atoms with Gasteiger partial charge in [0.1, 0.15) is 0 Å². The SMILES string of the molecule is C[C@@H]1CC[CH2][Ge]1([CH3])[CH3]. The number of hydrogen-bond donors (Lipinski definition) is 0. The van der Waals surface area contributed by atoms with Gasteiger partial charge in [0.05, 0.1) is 0 Å². The summed E-state index contributed by atoms with van der Waals surface area (Å²) in [6.45, 7) is 2.45. The zero-order valence-corrected chi connectivity index (χ0v) is 8.30. The van der Waals surface area contributed by atoms with Crippen molar-refractivity contribution in [1.29, 1.82) is 0 Å². The van der Waals surface area contributed by atoms with Crippen LogP contribution in [-0.2, 0) is 0 Å². The van der Waals surface area contributed by atoms with Gasteiger partial charge in [0.15, 0.2) is 0 Å². The third kappa shape index (κ3) is 1.10. The van der Waals surface area contributed by atoms with Crippen LogP contribution in [0, 0.1) is 0 Å². The summed E-state index contributed by atoms with van der Waals surface area (Å²) in [5, 5.41) is 1.63. The second-order valence-electron chi connectivity index (χ2n) is 3.78. The van der Waals surface area contributed by atoms with E-state index < -0.39 is 13.3 Å². The molecule has 1 heteroatoms. The van der Waals surface area contributed by atoms with Crippen molar-refractivity contribution in [2.45, 2.75) is 41.3 Å². The Balaban J connectivity index is 2.54. The molecule has 0 aromatic carbocycles. The van der Waals surface area contributed by atoms with Gasteiger partial charge in [-0.25, -0.2) is 0 Å². The standard InChI is InChI=1S/C7H16Ge/c1-7-5-4-6-8(7,2)3/h7H,4-6H2,1-3H3/t7-/m1/s1. The average Bonchev–Trinajstić information content (AvgIpc) is 1.86. The van der Waals surface area contributed by atoms with Crippen molar-refractivity contribution in [3.05, 3.63) is 0 Å². The molecule has 0 amide bonds. The van der Waals surface area contributed by atoms with Gasteiger partial charge in [-0.1, -0.05) is 0 Å². The van der Waals surface area contributed by atoms with E-state index in [1.165, 1.54) is 12.8 Å². The molecule has 0 spiro atoms. The molecule has 0 bridgehead atoms. The third-order valence-electron chi connectivity index (χ3n) is 2.79. The summed E-state index contributed by atoms with van der Waals surface area (Å²) >= 11 is -1.10. The number of rotatable bonds is 0. The first kappa shape index (κ1) is 6.66. The Labute approximate surface area is 55.0 Å². The fourth-order valence-electron chi connectivity index (χ4n) is 1.50. The number of hydrogen-bond acceptors (Lipinski definition) is 0. The summed E-state index contributed by atoms with van der Waals surface area (Å²) in [5.74, 6) is 5.13. The molecule has 0 unspecified atom stereocenters. The molecule has 0 aromatic rings. The zero-order valence-electron chi connectivity index (χ0n) is 6.20. The Bertz CT molecular complexity index is 86.4. The summed E-state index contributed by atoms with van der Waals surface area (Å²) in [7, 11) is 0. The van der Waals surface area contributed by atoms with Crippen LogP contribution in [0.1, 0.15) is 19.8 Å². The van der Waals surface area contributed by atoms with E-state index in [0.29, 0.717) is 0 Å².